The molecule has 0 aromatic heterocycles. The van der Waals surface area contributed by atoms with Gasteiger partial charge in [0, 0.05) is 42.5 Å². The first-order chi connectivity index (χ1) is 15.2. The van der Waals surface area contributed by atoms with Gasteiger partial charge in [0.2, 0.25) is 11.8 Å². The molecule has 6 N–H and O–H groups in total. The molecule has 2 heterocycles. The van der Waals surface area contributed by atoms with Gasteiger partial charge in [-0.2, -0.15) is 11.8 Å². The van der Waals surface area contributed by atoms with E-state index < -0.39 is 14.9 Å². The minimum Gasteiger partial charge on any atom is -0.356 e. The zero-order valence-corrected chi connectivity index (χ0v) is 20.9. The number of hydrogen-bond acceptors (Lipinski definition) is 8. The highest BCUT2D eigenvalue weighted by Crippen LogP contribution is 2.33. The van der Waals surface area contributed by atoms with Gasteiger partial charge in [0.1, 0.15) is 0 Å². The predicted molar refractivity (Wildman–Crippen MR) is 129 cm³/mol. The maximum absolute atomic E-state index is 12.0. The molecular weight excluding hydrogens is 474 g/mol. The molecule has 2 aliphatic heterocycles. The van der Waals surface area contributed by atoms with E-state index in [0.717, 1.165) is 48.5 Å². The third-order valence-corrected chi connectivity index (χ3v) is 9.47. The highest BCUT2D eigenvalue weighted by atomic mass is 33.1. The van der Waals surface area contributed by atoms with Crippen molar-refractivity contribution >= 4 is 49.3 Å². The number of amides is 4. The fourth-order valence-electron chi connectivity index (χ4n) is 3.71. The zero-order valence-electron chi connectivity index (χ0n) is 18.4. The lowest BCUT2D eigenvalue weighted by Crippen LogP contribution is -2.41. The third-order valence-electron chi connectivity index (χ3n) is 5.38. The van der Waals surface area contributed by atoms with E-state index >= 15 is 0 Å². The van der Waals surface area contributed by atoms with Crippen LogP contribution in [0.1, 0.15) is 44.9 Å². The molecule has 0 aromatic carbocycles. The summed E-state index contributed by atoms with van der Waals surface area (Å²) in [6, 6.07) is -0.267. The van der Waals surface area contributed by atoms with Crippen LogP contribution in [0.4, 0.5) is 4.79 Å². The first kappa shape index (κ1) is 27.1. The van der Waals surface area contributed by atoms with Crippen molar-refractivity contribution in [3.05, 3.63) is 0 Å². The van der Waals surface area contributed by atoms with Crippen molar-refractivity contribution in [3.63, 3.8) is 0 Å². The van der Waals surface area contributed by atoms with Crippen molar-refractivity contribution in [1.82, 2.24) is 21.3 Å². The topological polar surface area (TPSA) is 159 Å². The second-order valence-corrected chi connectivity index (χ2v) is 14.0. The molecule has 32 heavy (non-hydrogen) atoms. The average Bonchev–Trinajstić information content (AvgIpc) is 3.26. The summed E-state index contributed by atoms with van der Waals surface area (Å²) in [6.45, 7) is 0.810. The van der Waals surface area contributed by atoms with Gasteiger partial charge in [0.05, 0.1) is 18.1 Å². The lowest BCUT2D eigenvalue weighted by Gasteiger charge is -2.16. The van der Waals surface area contributed by atoms with Crippen molar-refractivity contribution in [2.75, 3.05) is 30.9 Å². The van der Waals surface area contributed by atoms with E-state index in [0.29, 0.717) is 31.1 Å². The van der Waals surface area contributed by atoms with Gasteiger partial charge in [-0.05, 0) is 42.9 Å². The quantitative estimate of drug-likeness (QED) is 0.118. The molecule has 0 aliphatic carbocycles. The molecule has 2 saturated heterocycles. The number of unbranched alkanes of at least 4 members (excludes halogenated alkanes) is 2. The molecule has 4 atom stereocenters. The van der Waals surface area contributed by atoms with Crippen LogP contribution in [-0.4, -0.2) is 80.5 Å². The molecule has 0 bridgehead atoms. The van der Waals surface area contributed by atoms with Gasteiger partial charge in [-0.25, -0.2) is 13.2 Å². The van der Waals surface area contributed by atoms with Crippen LogP contribution in [0.25, 0.3) is 0 Å². The molecule has 0 radical (unpaired) electrons. The summed E-state index contributed by atoms with van der Waals surface area (Å²) < 4.78 is 22.0. The second kappa shape index (κ2) is 13.5. The third kappa shape index (κ3) is 10.2. The molecule has 10 nitrogen and oxygen atoms in total. The normalized spacial score (nSPS) is 23.2. The summed E-state index contributed by atoms with van der Waals surface area (Å²) in [4.78, 5) is 35.2. The van der Waals surface area contributed by atoms with E-state index in [-0.39, 0.29) is 42.2 Å². The van der Waals surface area contributed by atoms with E-state index in [1.807, 2.05) is 11.8 Å². The standard InChI is InChI=1S/C19H35N5O5S3/c1-32(28,29)31-11-10-22-18(26)13(20)6-4-5-9-21-16(25)8-3-2-7-15-17-14(12-30-15)23-19(27)24-17/h13-15,17H,2-12,20H2,1H3,(H,21,25)(H,22,26)(H2,23,24,27). The predicted octanol–water partition coefficient (Wildman–Crippen LogP) is 0.135. The average molecular weight is 510 g/mol. The van der Waals surface area contributed by atoms with E-state index in [1.54, 1.807) is 0 Å². The monoisotopic (exact) mass is 509 g/mol. The summed E-state index contributed by atoms with van der Waals surface area (Å²) in [5.74, 6) is 0.978. The molecule has 2 rings (SSSR count). The van der Waals surface area contributed by atoms with Crippen LogP contribution >= 0.6 is 22.6 Å². The maximum Gasteiger partial charge on any atom is 0.315 e. The Morgan fingerprint density at radius 2 is 1.97 bits per heavy atom. The Labute approximate surface area is 198 Å². The van der Waals surface area contributed by atoms with Crippen molar-refractivity contribution in [3.8, 4) is 0 Å². The molecule has 184 valence electrons. The molecule has 0 aromatic rings. The fraction of sp³-hybridized carbons (Fsp3) is 0.842. The van der Waals surface area contributed by atoms with Crippen LogP contribution in [0.3, 0.4) is 0 Å². The largest absolute Gasteiger partial charge is 0.356 e. The number of rotatable bonds is 15. The number of carbonyl (C=O) groups excluding carboxylic acids is 3. The minimum atomic E-state index is -3.10. The maximum atomic E-state index is 12.0. The number of fused-ring (bicyclic) bond motifs is 1. The van der Waals surface area contributed by atoms with Gasteiger partial charge in [0.25, 0.3) is 0 Å². The van der Waals surface area contributed by atoms with Gasteiger partial charge in [-0.1, -0.05) is 6.42 Å². The SMILES string of the molecule is CS(=O)(=O)SCCNC(=O)C(N)CCCCNC(=O)CCCCC1SCC2NC(=O)NC21. The van der Waals surface area contributed by atoms with Crippen LogP contribution in [0, 0.1) is 0 Å². The van der Waals surface area contributed by atoms with E-state index in [2.05, 4.69) is 21.3 Å². The van der Waals surface area contributed by atoms with Crippen LogP contribution in [0.5, 0.6) is 0 Å². The van der Waals surface area contributed by atoms with Gasteiger partial charge in [0.15, 0.2) is 8.87 Å². The number of urea groups is 1. The van der Waals surface area contributed by atoms with Gasteiger partial charge >= 0.3 is 6.03 Å². The molecule has 2 aliphatic rings. The number of carbonyl (C=O) groups is 3. The molecule has 13 heteroatoms. The summed E-state index contributed by atoms with van der Waals surface area (Å²) in [7, 11) is -2.31. The fourth-order valence-corrected chi connectivity index (χ4v) is 6.90. The summed E-state index contributed by atoms with van der Waals surface area (Å²) in [5, 5.41) is 11.9. The summed E-state index contributed by atoms with van der Waals surface area (Å²) >= 11 is 1.88. The summed E-state index contributed by atoms with van der Waals surface area (Å²) in [5.41, 5.74) is 5.85. The Hall–Kier alpha value is -1.18. The summed E-state index contributed by atoms with van der Waals surface area (Å²) in [6.07, 6.45) is 6.36. The molecule has 0 saturated carbocycles. The number of nitrogens with one attached hydrogen (secondary N) is 4. The first-order valence-corrected chi connectivity index (χ1v) is 15.4. The van der Waals surface area contributed by atoms with Crippen molar-refractivity contribution in [2.24, 2.45) is 5.73 Å². The van der Waals surface area contributed by atoms with Crippen molar-refractivity contribution < 1.29 is 22.8 Å². The van der Waals surface area contributed by atoms with Gasteiger partial charge < -0.3 is 27.0 Å². The van der Waals surface area contributed by atoms with Gasteiger partial charge in [-0.3, -0.25) is 9.59 Å². The molecule has 4 amide bonds. The highest BCUT2D eigenvalue weighted by molar-refractivity contribution is 8.71. The first-order valence-electron chi connectivity index (χ1n) is 11.0. The van der Waals surface area contributed by atoms with E-state index in [4.69, 9.17) is 5.73 Å². The van der Waals surface area contributed by atoms with Crippen LogP contribution in [0.2, 0.25) is 0 Å². The zero-order chi connectivity index (χ0) is 23.6. The number of nitrogens with two attached hydrogens (primary N) is 1. The minimum absolute atomic E-state index is 0.0307. The molecule has 0 spiro atoms. The highest BCUT2D eigenvalue weighted by Gasteiger charge is 2.42. The Bertz CT molecular complexity index is 752. The lowest BCUT2D eigenvalue weighted by molar-refractivity contribution is -0.123. The lowest BCUT2D eigenvalue weighted by atomic mass is 10.0. The van der Waals surface area contributed by atoms with Crippen molar-refractivity contribution in [2.45, 2.75) is 68.3 Å². The smallest absolute Gasteiger partial charge is 0.315 e. The molecule has 2 fully saturated rings. The number of hydrogen-bond donors (Lipinski definition) is 5. The Morgan fingerprint density at radius 3 is 2.72 bits per heavy atom. The van der Waals surface area contributed by atoms with Crippen LogP contribution in [-0.2, 0) is 18.5 Å². The Kier molecular flexibility index (Phi) is 11.4. The van der Waals surface area contributed by atoms with E-state index in [9.17, 15) is 22.8 Å². The van der Waals surface area contributed by atoms with Crippen LogP contribution in [0.15, 0.2) is 0 Å². The van der Waals surface area contributed by atoms with Crippen molar-refractivity contribution in [1.29, 1.82) is 0 Å². The molecular formula is C19H35N5O5S3. The van der Waals surface area contributed by atoms with Crippen LogP contribution < -0.4 is 27.0 Å². The van der Waals surface area contributed by atoms with Gasteiger partial charge in [-0.15, -0.1) is 0 Å². The Morgan fingerprint density at radius 1 is 1.19 bits per heavy atom. The second-order valence-electron chi connectivity index (χ2n) is 8.14. The van der Waals surface area contributed by atoms with E-state index in [1.165, 1.54) is 0 Å². The Balaban J connectivity index is 1.43. The number of thioether (sulfide) groups is 1. The molecule has 4 unspecified atom stereocenters.